The van der Waals surface area contributed by atoms with Crippen molar-refractivity contribution >= 4 is 44.3 Å². The van der Waals surface area contributed by atoms with E-state index in [0.29, 0.717) is 54.9 Å². The van der Waals surface area contributed by atoms with Crippen LogP contribution in [0.25, 0.3) is 21.1 Å². The predicted octanol–water partition coefficient (Wildman–Crippen LogP) is 4.65. The number of thiazole rings is 1. The van der Waals surface area contributed by atoms with Crippen LogP contribution in [-0.4, -0.2) is 68.5 Å². The molecule has 196 valence electrons. The second-order valence-electron chi connectivity index (χ2n) is 10.4. The van der Waals surface area contributed by atoms with E-state index in [0.717, 1.165) is 34.5 Å². The molecule has 8 nitrogen and oxygen atoms in total. The Hall–Kier alpha value is -3.56. The molecule has 2 fully saturated rings. The lowest BCUT2D eigenvalue weighted by Crippen LogP contribution is -2.36. The Bertz CT molecular complexity index is 1490. The number of piperidine rings is 1. The number of carbonyl (C=O) groups excluding carboxylic acids is 2. The topological polar surface area (TPSA) is 95.9 Å². The Kier molecular flexibility index (Phi) is 6.49. The summed E-state index contributed by atoms with van der Waals surface area (Å²) in [5.74, 6) is 0.248. The van der Waals surface area contributed by atoms with E-state index in [-0.39, 0.29) is 24.1 Å². The third-order valence-electron chi connectivity index (χ3n) is 7.31. The average molecular weight is 531 g/mol. The zero-order valence-electron chi connectivity index (χ0n) is 21.4. The van der Waals surface area contributed by atoms with Crippen LogP contribution in [0.3, 0.4) is 0 Å². The molecule has 2 aromatic carbocycles. The van der Waals surface area contributed by atoms with E-state index in [9.17, 15) is 14.7 Å². The molecule has 0 spiro atoms. The lowest BCUT2D eigenvalue weighted by atomic mass is 10.0. The SMILES string of the molecule is C[C@]1(O)CCN(C(=O)c2cc(C(=O)N3CCCCC3)c3cc(OCc4nc5ccccc5s4)ccc3n2)C1. The van der Waals surface area contributed by atoms with E-state index in [1.807, 2.05) is 41.3 Å². The highest BCUT2D eigenvalue weighted by Crippen LogP contribution is 2.29. The number of aromatic nitrogens is 2. The van der Waals surface area contributed by atoms with Gasteiger partial charge in [0.15, 0.2) is 0 Å². The van der Waals surface area contributed by atoms with Gasteiger partial charge in [0, 0.05) is 31.6 Å². The van der Waals surface area contributed by atoms with E-state index >= 15 is 0 Å². The average Bonchev–Trinajstić information content (AvgIpc) is 3.53. The van der Waals surface area contributed by atoms with Crippen molar-refractivity contribution in [3.8, 4) is 5.75 Å². The quantitative estimate of drug-likeness (QED) is 0.404. The van der Waals surface area contributed by atoms with Crippen LogP contribution < -0.4 is 4.74 Å². The highest BCUT2D eigenvalue weighted by atomic mass is 32.1. The number of benzene rings is 2. The number of β-amino-alcohol motifs (C(OH)–C–C–N with tert-alkyl or cyclic N) is 1. The molecule has 1 atom stereocenters. The second-order valence-corrected chi connectivity index (χ2v) is 11.5. The molecule has 1 N–H and O–H groups in total. The number of ether oxygens (including phenoxy) is 1. The minimum atomic E-state index is -0.908. The monoisotopic (exact) mass is 530 g/mol. The van der Waals surface area contributed by atoms with Crippen LogP contribution in [0.2, 0.25) is 0 Å². The fraction of sp³-hybridized carbons (Fsp3) is 0.379. The molecule has 2 aliphatic heterocycles. The van der Waals surface area contributed by atoms with Crippen molar-refractivity contribution in [1.29, 1.82) is 0 Å². The van der Waals surface area contributed by atoms with Gasteiger partial charge in [-0.15, -0.1) is 11.3 Å². The van der Waals surface area contributed by atoms with Crippen LogP contribution in [0.4, 0.5) is 0 Å². The Labute approximate surface area is 224 Å². The maximum absolute atomic E-state index is 13.7. The molecule has 2 amide bonds. The van der Waals surface area contributed by atoms with Crippen LogP contribution in [0.5, 0.6) is 5.75 Å². The Morgan fingerprint density at radius 2 is 1.79 bits per heavy atom. The van der Waals surface area contributed by atoms with Crippen LogP contribution in [-0.2, 0) is 6.61 Å². The van der Waals surface area contributed by atoms with Crippen LogP contribution >= 0.6 is 11.3 Å². The summed E-state index contributed by atoms with van der Waals surface area (Å²) in [7, 11) is 0. The fourth-order valence-corrected chi connectivity index (χ4v) is 6.14. The molecule has 6 rings (SSSR count). The van der Waals surface area contributed by atoms with E-state index in [1.165, 1.54) is 0 Å². The lowest BCUT2D eigenvalue weighted by molar-refractivity contribution is 0.0569. The Balaban J connectivity index is 1.33. The summed E-state index contributed by atoms with van der Waals surface area (Å²) in [6.45, 7) is 4.16. The van der Waals surface area contributed by atoms with Gasteiger partial charge in [-0.05, 0) is 69.0 Å². The van der Waals surface area contributed by atoms with E-state index in [2.05, 4.69) is 9.97 Å². The maximum Gasteiger partial charge on any atom is 0.272 e. The molecule has 2 saturated heterocycles. The van der Waals surface area contributed by atoms with Crippen molar-refractivity contribution in [3.05, 3.63) is 64.8 Å². The molecular weight excluding hydrogens is 500 g/mol. The number of amides is 2. The van der Waals surface area contributed by atoms with Crippen molar-refractivity contribution in [2.24, 2.45) is 0 Å². The van der Waals surface area contributed by atoms with E-state index in [4.69, 9.17) is 4.74 Å². The standard InChI is InChI=1S/C29H30N4O4S/c1-29(36)11-14-33(18-29)28(35)24-16-21(27(34)32-12-5-2-6-13-32)20-15-19(9-10-22(20)30-24)37-17-26-31-23-7-3-4-8-25(23)38-26/h3-4,7-10,15-16,36H,2,5-6,11-14,17-18H2,1H3/t29-/m0/s1. The number of pyridine rings is 1. The number of hydrogen-bond donors (Lipinski definition) is 1. The first-order chi connectivity index (χ1) is 18.4. The molecule has 0 aliphatic carbocycles. The van der Waals surface area contributed by atoms with Gasteiger partial charge in [-0.1, -0.05) is 12.1 Å². The summed E-state index contributed by atoms with van der Waals surface area (Å²) < 4.78 is 7.20. The summed E-state index contributed by atoms with van der Waals surface area (Å²) >= 11 is 1.59. The molecular formula is C29H30N4O4S. The van der Waals surface area contributed by atoms with Gasteiger partial charge in [0.2, 0.25) is 0 Å². The number of aliphatic hydroxyl groups is 1. The summed E-state index contributed by atoms with van der Waals surface area (Å²) in [5, 5.41) is 11.9. The minimum Gasteiger partial charge on any atom is -0.486 e. The number of para-hydroxylation sites is 1. The molecule has 0 bridgehead atoms. The number of carbonyl (C=O) groups is 2. The third-order valence-corrected chi connectivity index (χ3v) is 8.32. The number of hydrogen-bond acceptors (Lipinski definition) is 7. The largest absolute Gasteiger partial charge is 0.486 e. The first-order valence-electron chi connectivity index (χ1n) is 13.1. The summed E-state index contributed by atoms with van der Waals surface area (Å²) in [5.41, 5.74) is 1.28. The van der Waals surface area contributed by atoms with Crippen LogP contribution in [0.15, 0.2) is 48.5 Å². The van der Waals surface area contributed by atoms with Gasteiger partial charge >= 0.3 is 0 Å². The van der Waals surface area contributed by atoms with E-state index in [1.54, 1.807) is 35.3 Å². The number of rotatable bonds is 5. The van der Waals surface area contributed by atoms with Gasteiger partial charge in [-0.2, -0.15) is 0 Å². The fourth-order valence-electron chi connectivity index (χ4n) is 5.26. The lowest BCUT2D eigenvalue weighted by Gasteiger charge is -2.27. The zero-order valence-corrected chi connectivity index (χ0v) is 22.2. The number of likely N-dealkylation sites (tertiary alicyclic amines) is 2. The molecule has 4 heterocycles. The summed E-state index contributed by atoms with van der Waals surface area (Å²) in [4.78, 5) is 39.8. The minimum absolute atomic E-state index is 0.0945. The zero-order chi connectivity index (χ0) is 26.3. The molecule has 38 heavy (non-hydrogen) atoms. The maximum atomic E-state index is 13.7. The molecule has 2 aliphatic rings. The van der Waals surface area contributed by atoms with Crippen molar-refractivity contribution in [3.63, 3.8) is 0 Å². The second kappa shape index (κ2) is 9.96. The van der Waals surface area contributed by atoms with Crippen molar-refractivity contribution < 1.29 is 19.4 Å². The smallest absolute Gasteiger partial charge is 0.272 e. The third kappa shape index (κ3) is 4.96. The molecule has 0 unspecified atom stereocenters. The summed E-state index contributed by atoms with van der Waals surface area (Å²) in [6, 6.07) is 15.0. The molecule has 4 aromatic rings. The highest BCUT2D eigenvalue weighted by Gasteiger charge is 2.35. The molecule has 0 radical (unpaired) electrons. The Morgan fingerprint density at radius 3 is 2.55 bits per heavy atom. The highest BCUT2D eigenvalue weighted by molar-refractivity contribution is 7.18. The molecule has 0 saturated carbocycles. The van der Waals surface area contributed by atoms with Crippen LogP contribution in [0, 0.1) is 0 Å². The normalized spacial score (nSPS) is 19.8. The summed E-state index contributed by atoms with van der Waals surface area (Å²) in [6.07, 6.45) is 3.57. The van der Waals surface area contributed by atoms with E-state index < -0.39 is 5.60 Å². The Morgan fingerprint density at radius 1 is 0.974 bits per heavy atom. The number of nitrogens with zero attached hydrogens (tertiary/aromatic N) is 4. The van der Waals surface area contributed by atoms with Gasteiger partial charge in [-0.25, -0.2) is 9.97 Å². The van der Waals surface area contributed by atoms with Gasteiger partial charge in [-0.3, -0.25) is 9.59 Å². The van der Waals surface area contributed by atoms with Crippen molar-refractivity contribution in [2.75, 3.05) is 26.2 Å². The first kappa shape index (κ1) is 24.8. The van der Waals surface area contributed by atoms with Crippen molar-refractivity contribution in [1.82, 2.24) is 19.8 Å². The number of fused-ring (bicyclic) bond motifs is 2. The van der Waals surface area contributed by atoms with Crippen LogP contribution in [0.1, 0.15) is 58.5 Å². The molecule has 9 heteroatoms. The van der Waals surface area contributed by atoms with Gasteiger partial charge in [0.1, 0.15) is 23.1 Å². The van der Waals surface area contributed by atoms with Gasteiger partial charge < -0.3 is 19.6 Å². The molecule has 2 aromatic heterocycles. The van der Waals surface area contributed by atoms with Gasteiger partial charge in [0.25, 0.3) is 11.8 Å². The van der Waals surface area contributed by atoms with Crippen molar-refractivity contribution in [2.45, 2.75) is 44.8 Å². The predicted molar refractivity (Wildman–Crippen MR) is 147 cm³/mol. The van der Waals surface area contributed by atoms with Gasteiger partial charge in [0.05, 0.1) is 26.9 Å². The first-order valence-corrected chi connectivity index (χ1v) is 13.9.